The highest BCUT2D eigenvalue weighted by molar-refractivity contribution is 5.31. The van der Waals surface area contributed by atoms with E-state index in [1.165, 1.54) is 6.07 Å². The van der Waals surface area contributed by atoms with Gasteiger partial charge in [0.05, 0.1) is 5.56 Å². The Morgan fingerprint density at radius 3 is 2.75 bits per heavy atom. The smallest absolute Gasteiger partial charge is 0.202 e. The second kappa shape index (κ2) is 2.81. The Kier molecular flexibility index (Phi) is 2.00. The molecule has 1 radical (unpaired) electrons. The molecule has 0 aliphatic heterocycles. The molecule has 0 spiro atoms. The van der Waals surface area contributed by atoms with Crippen molar-refractivity contribution in [2.75, 3.05) is 0 Å². The van der Waals surface area contributed by atoms with Gasteiger partial charge in [0.15, 0.2) is 5.69 Å². The summed E-state index contributed by atoms with van der Waals surface area (Å²) >= 11 is 0. The second-order valence-electron chi connectivity index (χ2n) is 2.24. The lowest BCUT2D eigenvalue weighted by atomic mass is 10.1. The second-order valence-corrected chi connectivity index (χ2v) is 2.24. The lowest BCUT2D eigenvalue weighted by molar-refractivity contribution is 0.0166. The van der Waals surface area contributed by atoms with Gasteiger partial charge in [-0.3, -0.25) is 0 Å². The number of hydrogen-bond acceptors (Lipinski definition) is 3. The van der Waals surface area contributed by atoms with Crippen molar-refractivity contribution in [3.05, 3.63) is 23.5 Å². The van der Waals surface area contributed by atoms with E-state index in [-0.39, 0.29) is 5.69 Å². The summed E-state index contributed by atoms with van der Waals surface area (Å²) in [4.78, 5) is 0. The van der Waals surface area contributed by atoms with Crippen LogP contribution >= 0.6 is 0 Å². The molecule has 0 aliphatic carbocycles. The lowest BCUT2D eigenvalue weighted by Crippen LogP contribution is -2.11. The van der Waals surface area contributed by atoms with Crippen LogP contribution in [0, 0.1) is 17.5 Å². The molecule has 5 heteroatoms. The van der Waals surface area contributed by atoms with Gasteiger partial charge >= 0.3 is 0 Å². The van der Waals surface area contributed by atoms with E-state index in [0.29, 0.717) is 6.92 Å². The van der Waals surface area contributed by atoms with Crippen molar-refractivity contribution in [2.24, 2.45) is 0 Å². The Morgan fingerprint density at radius 1 is 1.67 bits per heavy atom. The molecule has 1 rings (SSSR count). The minimum atomic E-state index is -3.07. The van der Waals surface area contributed by atoms with Crippen LogP contribution in [0.25, 0.3) is 0 Å². The first kappa shape index (κ1) is 8.53. The molecule has 0 aliphatic rings. The van der Waals surface area contributed by atoms with Crippen molar-refractivity contribution in [3.63, 3.8) is 0 Å². The van der Waals surface area contributed by atoms with E-state index in [0.717, 1.165) is 6.07 Å². The molecule has 0 fully saturated rings. The SMILES string of the molecule is CC(F)(F)c1c[c]nnc1C#N. The largest absolute Gasteiger partial charge is 0.273 e. The maximum Gasteiger partial charge on any atom is 0.273 e. The van der Waals surface area contributed by atoms with Crippen molar-refractivity contribution < 1.29 is 8.78 Å². The van der Waals surface area contributed by atoms with Crippen LogP contribution in [-0.2, 0) is 5.92 Å². The summed E-state index contributed by atoms with van der Waals surface area (Å²) in [5, 5.41) is 14.8. The summed E-state index contributed by atoms with van der Waals surface area (Å²) in [7, 11) is 0. The van der Waals surface area contributed by atoms with Gasteiger partial charge in [-0.15, -0.1) is 10.2 Å². The van der Waals surface area contributed by atoms with Gasteiger partial charge < -0.3 is 0 Å². The molecular formula is C7H4F2N3. The molecule has 0 saturated carbocycles. The summed E-state index contributed by atoms with van der Waals surface area (Å²) in [5.74, 6) is -3.07. The van der Waals surface area contributed by atoms with E-state index in [4.69, 9.17) is 5.26 Å². The van der Waals surface area contributed by atoms with Gasteiger partial charge in [0.2, 0.25) is 0 Å². The van der Waals surface area contributed by atoms with Crippen molar-refractivity contribution in [1.29, 1.82) is 5.26 Å². The highest BCUT2D eigenvalue weighted by atomic mass is 19.3. The molecule has 0 N–H and O–H groups in total. The first-order chi connectivity index (χ1) is 5.55. The van der Waals surface area contributed by atoms with Gasteiger partial charge in [-0.1, -0.05) is 0 Å². The maximum absolute atomic E-state index is 12.7. The van der Waals surface area contributed by atoms with E-state index in [1.807, 2.05) is 0 Å². The fourth-order valence-corrected chi connectivity index (χ4v) is 0.712. The molecule has 1 aromatic heterocycles. The monoisotopic (exact) mass is 168 g/mol. The Hall–Kier alpha value is -1.57. The van der Waals surface area contributed by atoms with Gasteiger partial charge in [0, 0.05) is 6.92 Å². The molecule has 0 bridgehead atoms. The Bertz CT molecular complexity index is 324. The Morgan fingerprint density at radius 2 is 2.33 bits per heavy atom. The van der Waals surface area contributed by atoms with Crippen LogP contribution in [0.1, 0.15) is 18.2 Å². The highest BCUT2D eigenvalue weighted by Gasteiger charge is 2.28. The normalized spacial score (nSPS) is 10.8. The predicted octanol–water partition coefficient (Wildman–Crippen LogP) is 1.26. The average molecular weight is 168 g/mol. The summed E-state index contributed by atoms with van der Waals surface area (Å²) in [6.45, 7) is 0.693. The number of nitrogens with zero attached hydrogens (tertiary/aromatic N) is 3. The minimum absolute atomic E-state index is 0.360. The molecule has 0 amide bonds. The summed E-state index contributed by atoms with van der Waals surface area (Å²) < 4.78 is 25.3. The molecule has 61 valence electrons. The Labute approximate surface area is 67.7 Å². The number of hydrogen-bond donors (Lipinski definition) is 0. The van der Waals surface area contributed by atoms with Crippen LogP contribution in [0.4, 0.5) is 8.78 Å². The van der Waals surface area contributed by atoms with Gasteiger partial charge in [-0.05, 0) is 6.07 Å². The first-order valence-corrected chi connectivity index (χ1v) is 3.08. The minimum Gasteiger partial charge on any atom is -0.202 e. The third kappa shape index (κ3) is 1.53. The number of nitriles is 1. The van der Waals surface area contributed by atoms with Gasteiger partial charge in [0.25, 0.3) is 5.92 Å². The zero-order chi connectivity index (χ0) is 9.19. The van der Waals surface area contributed by atoms with Crippen LogP contribution in [0.15, 0.2) is 6.07 Å². The lowest BCUT2D eigenvalue weighted by Gasteiger charge is -2.09. The van der Waals surface area contributed by atoms with Crippen molar-refractivity contribution in [3.8, 4) is 6.07 Å². The standard InChI is InChI=1S/C7H4F2N3/c1-7(8,9)5-2-3-11-12-6(5)4-10/h2H,1H3. The van der Waals surface area contributed by atoms with E-state index in [9.17, 15) is 8.78 Å². The summed E-state index contributed by atoms with van der Waals surface area (Å²) in [5.41, 5.74) is -0.804. The molecule has 0 saturated heterocycles. The van der Waals surface area contributed by atoms with Crippen LogP contribution in [-0.4, -0.2) is 10.2 Å². The summed E-state index contributed by atoms with van der Waals surface area (Å²) in [6.07, 6.45) is 2.15. The van der Waals surface area contributed by atoms with Crippen molar-refractivity contribution in [1.82, 2.24) is 10.2 Å². The molecular weight excluding hydrogens is 164 g/mol. The predicted molar refractivity (Wildman–Crippen MR) is 35.2 cm³/mol. The van der Waals surface area contributed by atoms with E-state index < -0.39 is 11.5 Å². The number of alkyl halides is 2. The molecule has 0 aromatic carbocycles. The Balaban J connectivity index is 3.26. The van der Waals surface area contributed by atoms with Crippen LogP contribution in [0.5, 0.6) is 0 Å². The average Bonchev–Trinajstić information content (AvgIpc) is 2.03. The molecule has 0 atom stereocenters. The first-order valence-electron chi connectivity index (χ1n) is 3.08. The van der Waals surface area contributed by atoms with E-state index in [2.05, 4.69) is 16.4 Å². The maximum atomic E-state index is 12.7. The van der Waals surface area contributed by atoms with E-state index >= 15 is 0 Å². The molecule has 0 unspecified atom stereocenters. The molecule has 1 aromatic rings. The van der Waals surface area contributed by atoms with Crippen molar-refractivity contribution in [2.45, 2.75) is 12.8 Å². The topological polar surface area (TPSA) is 49.6 Å². The fourth-order valence-electron chi connectivity index (χ4n) is 0.712. The quantitative estimate of drug-likeness (QED) is 0.634. The fraction of sp³-hybridized carbons (Fsp3) is 0.286. The number of rotatable bonds is 1. The zero-order valence-corrected chi connectivity index (χ0v) is 6.17. The van der Waals surface area contributed by atoms with Crippen LogP contribution < -0.4 is 0 Å². The molecule has 3 nitrogen and oxygen atoms in total. The van der Waals surface area contributed by atoms with Gasteiger partial charge in [0.1, 0.15) is 12.3 Å². The van der Waals surface area contributed by atoms with Crippen molar-refractivity contribution >= 4 is 0 Å². The third-order valence-electron chi connectivity index (χ3n) is 1.25. The highest BCUT2D eigenvalue weighted by Crippen LogP contribution is 2.27. The molecule has 12 heavy (non-hydrogen) atoms. The molecule has 1 heterocycles. The van der Waals surface area contributed by atoms with Crippen LogP contribution in [0.2, 0.25) is 0 Å². The summed E-state index contributed by atoms with van der Waals surface area (Å²) in [6, 6.07) is 2.49. The number of aromatic nitrogens is 2. The number of halogens is 2. The van der Waals surface area contributed by atoms with Gasteiger partial charge in [-0.2, -0.15) is 5.26 Å². The van der Waals surface area contributed by atoms with Crippen LogP contribution in [0.3, 0.4) is 0 Å². The zero-order valence-electron chi connectivity index (χ0n) is 6.17. The van der Waals surface area contributed by atoms with E-state index in [1.54, 1.807) is 0 Å². The van der Waals surface area contributed by atoms with Gasteiger partial charge in [-0.25, -0.2) is 8.78 Å². The third-order valence-corrected chi connectivity index (χ3v) is 1.25.